The van der Waals surface area contributed by atoms with E-state index in [1.165, 1.54) is 0 Å². The number of aryl methyl sites for hydroxylation is 1. The van der Waals surface area contributed by atoms with E-state index in [1.807, 2.05) is 31.3 Å². The van der Waals surface area contributed by atoms with Crippen molar-refractivity contribution in [3.63, 3.8) is 0 Å². The van der Waals surface area contributed by atoms with E-state index in [0.29, 0.717) is 25.4 Å². The van der Waals surface area contributed by atoms with Crippen LogP contribution in [0.15, 0.2) is 24.3 Å². The molecule has 144 valence electrons. The lowest BCUT2D eigenvalue weighted by atomic mass is 9.92. The van der Waals surface area contributed by atoms with Crippen LogP contribution in [-0.4, -0.2) is 60.9 Å². The lowest BCUT2D eigenvalue weighted by Gasteiger charge is -2.32. The normalized spacial score (nSPS) is 25.2. The minimum Gasteiger partial charge on any atom is -0.341 e. The molecule has 2 fully saturated rings. The van der Waals surface area contributed by atoms with Crippen LogP contribution < -0.4 is 10.6 Å². The van der Waals surface area contributed by atoms with Gasteiger partial charge in [0.25, 0.3) is 5.91 Å². The Morgan fingerprint density at radius 1 is 1.26 bits per heavy atom. The maximum atomic E-state index is 13.1. The summed E-state index contributed by atoms with van der Waals surface area (Å²) in [5, 5.41) is 6.05. The lowest BCUT2D eigenvalue weighted by molar-refractivity contribution is -0.140. The van der Waals surface area contributed by atoms with Gasteiger partial charge in [0, 0.05) is 13.1 Å². The van der Waals surface area contributed by atoms with Crippen LogP contribution in [0.5, 0.6) is 0 Å². The molecule has 0 radical (unpaired) electrons. The zero-order valence-corrected chi connectivity index (χ0v) is 15.7. The van der Waals surface area contributed by atoms with Crippen molar-refractivity contribution in [3.8, 4) is 0 Å². The Kier molecular flexibility index (Phi) is 4.63. The maximum Gasteiger partial charge on any atom is 0.325 e. The number of piperidine rings is 1. The molecular formula is C20H26N4O3. The lowest BCUT2D eigenvalue weighted by Crippen LogP contribution is -2.47. The van der Waals surface area contributed by atoms with E-state index >= 15 is 0 Å². The number of amides is 4. The summed E-state index contributed by atoms with van der Waals surface area (Å²) in [5.74, 6) is 0.134. The van der Waals surface area contributed by atoms with Gasteiger partial charge in [-0.1, -0.05) is 24.3 Å². The number of nitrogens with zero attached hydrogens (tertiary/aromatic N) is 2. The molecule has 0 saturated carbocycles. The third kappa shape index (κ3) is 3.00. The number of hydrogen-bond donors (Lipinski definition) is 2. The molecule has 1 aliphatic carbocycles. The summed E-state index contributed by atoms with van der Waals surface area (Å²) in [7, 11) is 1.94. The first kappa shape index (κ1) is 18.0. The average molecular weight is 370 g/mol. The number of carbonyl (C=O) groups excluding carboxylic acids is 3. The first-order chi connectivity index (χ1) is 13.0. The van der Waals surface area contributed by atoms with Gasteiger partial charge < -0.3 is 15.5 Å². The van der Waals surface area contributed by atoms with Crippen molar-refractivity contribution in [1.29, 1.82) is 0 Å². The Hall–Kier alpha value is -2.41. The molecule has 0 aromatic heterocycles. The van der Waals surface area contributed by atoms with E-state index in [-0.39, 0.29) is 18.4 Å². The van der Waals surface area contributed by atoms with Crippen molar-refractivity contribution >= 4 is 17.8 Å². The molecule has 4 rings (SSSR count). The van der Waals surface area contributed by atoms with Crippen molar-refractivity contribution in [2.75, 3.05) is 33.2 Å². The first-order valence-electron chi connectivity index (χ1n) is 9.70. The molecule has 0 bridgehead atoms. The molecule has 1 aromatic carbocycles. The molecule has 1 unspecified atom stereocenters. The highest BCUT2D eigenvalue weighted by Crippen LogP contribution is 2.41. The van der Waals surface area contributed by atoms with Gasteiger partial charge in [0.2, 0.25) is 5.91 Å². The predicted molar refractivity (Wildman–Crippen MR) is 99.9 cm³/mol. The molecule has 4 amide bonds. The third-order valence-electron chi connectivity index (χ3n) is 6.18. The number of nitrogens with one attached hydrogen (secondary N) is 2. The van der Waals surface area contributed by atoms with Crippen molar-refractivity contribution in [2.45, 2.75) is 31.2 Å². The summed E-state index contributed by atoms with van der Waals surface area (Å²) < 4.78 is 0. The fourth-order valence-corrected chi connectivity index (χ4v) is 4.64. The van der Waals surface area contributed by atoms with Crippen LogP contribution in [0.2, 0.25) is 0 Å². The molecule has 7 nitrogen and oxygen atoms in total. The molecule has 1 spiro atoms. The number of likely N-dealkylation sites (tertiary alicyclic amines) is 1. The summed E-state index contributed by atoms with van der Waals surface area (Å²) in [5.41, 5.74) is 0.963. The summed E-state index contributed by atoms with van der Waals surface area (Å²) in [6.45, 7) is 2.15. The van der Waals surface area contributed by atoms with Gasteiger partial charge in [0.1, 0.15) is 12.1 Å². The molecule has 3 aliphatic rings. The summed E-state index contributed by atoms with van der Waals surface area (Å²) in [6, 6.07) is 7.26. The van der Waals surface area contributed by atoms with Crippen molar-refractivity contribution in [1.82, 2.24) is 20.4 Å². The van der Waals surface area contributed by atoms with E-state index in [2.05, 4.69) is 10.6 Å². The van der Waals surface area contributed by atoms with Crippen LogP contribution in [0.4, 0.5) is 4.79 Å². The van der Waals surface area contributed by atoms with Gasteiger partial charge in [-0.15, -0.1) is 0 Å². The summed E-state index contributed by atoms with van der Waals surface area (Å²) in [4.78, 5) is 41.2. The molecule has 2 aliphatic heterocycles. The molecule has 1 atom stereocenters. The van der Waals surface area contributed by atoms with E-state index < -0.39 is 11.6 Å². The van der Waals surface area contributed by atoms with Crippen LogP contribution in [0.1, 0.15) is 30.4 Å². The van der Waals surface area contributed by atoms with Gasteiger partial charge in [-0.05, 0) is 56.3 Å². The number of benzene rings is 1. The fourth-order valence-electron chi connectivity index (χ4n) is 4.64. The second-order valence-corrected chi connectivity index (χ2v) is 7.77. The predicted octanol–water partition coefficient (Wildman–Crippen LogP) is 0.838. The minimum absolute atomic E-state index is 0.148. The van der Waals surface area contributed by atoms with Crippen LogP contribution in [0.25, 0.3) is 0 Å². The largest absolute Gasteiger partial charge is 0.341 e. The smallest absolute Gasteiger partial charge is 0.325 e. The monoisotopic (exact) mass is 370 g/mol. The van der Waals surface area contributed by atoms with E-state index in [0.717, 1.165) is 41.8 Å². The van der Waals surface area contributed by atoms with Gasteiger partial charge in [-0.25, -0.2) is 4.79 Å². The van der Waals surface area contributed by atoms with Gasteiger partial charge in [-0.3, -0.25) is 14.5 Å². The quantitative estimate of drug-likeness (QED) is 0.770. The average Bonchev–Trinajstić information content (AvgIpc) is 3.16. The van der Waals surface area contributed by atoms with Gasteiger partial charge >= 0.3 is 6.03 Å². The fraction of sp³-hybridized carbons (Fsp3) is 0.550. The highest BCUT2D eigenvalue weighted by Gasteiger charge is 2.55. The molecule has 2 N–H and O–H groups in total. The Balaban J connectivity index is 1.44. The van der Waals surface area contributed by atoms with Gasteiger partial charge in [0.15, 0.2) is 0 Å². The number of rotatable bonds is 4. The molecule has 1 aromatic rings. The molecule has 7 heteroatoms. The first-order valence-corrected chi connectivity index (χ1v) is 9.70. The Morgan fingerprint density at radius 3 is 2.74 bits per heavy atom. The Morgan fingerprint density at radius 2 is 2.00 bits per heavy atom. The minimum atomic E-state index is -0.992. The second kappa shape index (κ2) is 6.96. The van der Waals surface area contributed by atoms with Crippen LogP contribution in [-0.2, 0) is 21.5 Å². The third-order valence-corrected chi connectivity index (χ3v) is 6.18. The van der Waals surface area contributed by atoms with Crippen LogP contribution in [0.3, 0.4) is 0 Å². The number of urea groups is 1. The van der Waals surface area contributed by atoms with Gasteiger partial charge in [-0.2, -0.15) is 0 Å². The highest BCUT2D eigenvalue weighted by atomic mass is 16.2. The topological polar surface area (TPSA) is 81.8 Å². The second-order valence-electron chi connectivity index (χ2n) is 7.77. The standard InChI is InChI=1S/C20H26N4O3/c1-21-12-14-7-10-23(11-8-14)17(25)13-24-18(26)20(22-19(24)27)9-6-15-4-2-3-5-16(15)20/h2-5,14,21H,6-13H2,1H3,(H,22,27). The highest BCUT2D eigenvalue weighted by molar-refractivity contribution is 6.09. The number of fused-ring (bicyclic) bond motifs is 2. The van der Waals surface area contributed by atoms with Crippen LogP contribution >= 0.6 is 0 Å². The molecular weight excluding hydrogens is 344 g/mol. The van der Waals surface area contributed by atoms with Gasteiger partial charge in [0.05, 0.1) is 0 Å². The van der Waals surface area contributed by atoms with E-state index in [4.69, 9.17) is 0 Å². The zero-order chi connectivity index (χ0) is 19.0. The van der Waals surface area contributed by atoms with Crippen LogP contribution in [0, 0.1) is 5.92 Å². The van der Waals surface area contributed by atoms with Crippen molar-refractivity contribution in [2.24, 2.45) is 5.92 Å². The summed E-state index contributed by atoms with van der Waals surface area (Å²) >= 11 is 0. The zero-order valence-electron chi connectivity index (χ0n) is 15.7. The Labute approximate surface area is 159 Å². The SMILES string of the molecule is CNCC1CCN(C(=O)CN2C(=O)NC3(CCc4ccccc43)C2=O)CC1. The number of carbonyl (C=O) groups is 3. The molecule has 2 saturated heterocycles. The molecule has 2 heterocycles. The number of imide groups is 1. The van der Waals surface area contributed by atoms with E-state index in [9.17, 15) is 14.4 Å². The molecule has 27 heavy (non-hydrogen) atoms. The number of hydrogen-bond acceptors (Lipinski definition) is 4. The van der Waals surface area contributed by atoms with E-state index in [1.54, 1.807) is 4.90 Å². The maximum absolute atomic E-state index is 13.1. The summed E-state index contributed by atoms with van der Waals surface area (Å²) in [6.07, 6.45) is 3.20. The Bertz CT molecular complexity index is 772. The van der Waals surface area contributed by atoms with Crippen molar-refractivity contribution in [3.05, 3.63) is 35.4 Å². The van der Waals surface area contributed by atoms with Crippen molar-refractivity contribution < 1.29 is 14.4 Å².